The van der Waals surface area contributed by atoms with E-state index in [9.17, 15) is 4.79 Å². The van der Waals surface area contributed by atoms with Crippen LogP contribution in [-0.2, 0) is 6.61 Å². The highest BCUT2D eigenvalue weighted by Gasteiger charge is 2.10. The van der Waals surface area contributed by atoms with E-state index in [1.54, 1.807) is 19.2 Å². The van der Waals surface area contributed by atoms with Gasteiger partial charge in [0.2, 0.25) is 0 Å². The Morgan fingerprint density at radius 1 is 1.24 bits per heavy atom. The summed E-state index contributed by atoms with van der Waals surface area (Å²) in [6, 6.07) is 10.7. The number of aromatic carboxylic acids is 1. The summed E-state index contributed by atoms with van der Waals surface area (Å²) in [6.07, 6.45) is 0. The van der Waals surface area contributed by atoms with Crippen LogP contribution in [0.25, 0.3) is 0 Å². The van der Waals surface area contributed by atoms with E-state index >= 15 is 0 Å². The monoisotopic (exact) mass is 350 g/mol. The number of carboxylic acids is 1. The van der Waals surface area contributed by atoms with Gasteiger partial charge in [0.15, 0.2) is 0 Å². The molecule has 2 aromatic rings. The van der Waals surface area contributed by atoms with Gasteiger partial charge in [0, 0.05) is 10.0 Å². The fourth-order valence-electron chi connectivity index (χ4n) is 1.94. The fourth-order valence-corrected chi connectivity index (χ4v) is 2.36. The Hall–Kier alpha value is -2.01. The number of carboxylic acid groups (broad SMARTS) is 1. The summed E-state index contributed by atoms with van der Waals surface area (Å²) >= 11 is 3.20. The maximum atomic E-state index is 11.1. The summed E-state index contributed by atoms with van der Waals surface area (Å²) in [7, 11) is 1.61. The molecule has 2 aromatic carbocycles. The van der Waals surface area contributed by atoms with Crippen LogP contribution in [0, 0.1) is 6.92 Å². The van der Waals surface area contributed by atoms with Crippen molar-refractivity contribution in [1.82, 2.24) is 0 Å². The average molecular weight is 351 g/mol. The molecule has 0 aliphatic carbocycles. The average Bonchev–Trinajstić information content (AvgIpc) is 2.46. The van der Waals surface area contributed by atoms with Crippen molar-refractivity contribution >= 4 is 21.9 Å². The molecule has 0 saturated carbocycles. The largest absolute Gasteiger partial charge is 0.496 e. The van der Waals surface area contributed by atoms with Crippen LogP contribution in [0.2, 0.25) is 0 Å². The summed E-state index contributed by atoms with van der Waals surface area (Å²) in [5.41, 5.74) is 2.19. The molecule has 0 bridgehead atoms. The summed E-state index contributed by atoms with van der Waals surface area (Å²) in [5.74, 6) is 0.246. The fraction of sp³-hybridized carbons (Fsp3) is 0.188. The second kappa shape index (κ2) is 6.63. The zero-order valence-electron chi connectivity index (χ0n) is 11.7. The second-order valence-electron chi connectivity index (χ2n) is 4.55. The topological polar surface area (TPSA) is 55.8 Å². The van der Waals surface area contributed by atoms with E-state index in [1.165, 1.54) is 6.07 Å². The molecule has 0 aromatic heterocycles. The Balaban J connectivity index is 2.19. The highest BCUT2D eigenvalue weighted by molar-refractivity contribution is 9.10. The van der Waals surface area contributed by atoms with Gasteiger partial charge < -0.3 is 14.6 Å². The van der Waals surface area contributed by atoms with Crippen LogP contribution in [0.15, 0.2) is 40.9 Å². The highest BCUT2D eigenvalue weighted by Crippen LogP contribution is 2.25. The molecule has 0 radical (unpaired) electrons. The number of ether oxygens (including phenoxy) is 2. The summed E-state index contributed by atoms with van der Waals surface area (Å²) in [6.45, 7) is 2.30. The van der Waals surface area contributed by atoms with E-state index in [-0.39, 0.29) is 5.56 Å². The number of hydrogen-bond acceptors (Lipinski definition) is 3. The molecule has 0 spiro atoms. The second-order valence-corrected chi connectivity index (χ2v) is 5.41. The minimum atomic E-state index is -1.000. The molecule has 0 aliphatic rings. The Morgan fingerprint density at radius 3 is 2.67 bits per heavy atom. The van der Waals surface area contributed by atoms with Crippen LogP contribution in [-0.4, -0.2) is 18.2 Å². The van der Waals surface area contributed by atoms with Gasteiger partial charge in [-0.1, -0.05) is 11.6 Å². The number of benzene rings is 2. The molecule has 0 aliphatic heterocycles. The number of carbonyl (C=O) groups is 1. The number of aryl methyl sites for hydroxylation is 1. The van der Waals surface area contributed by atoms with Gasteiger partial charge in [-0.15, -0.1) is 0 Å². The van der Waals surface area contributed by atoms with Crippen LogP contribution in [0.1, 0.15) is 21.5 Å². The van der Waals surface area contributed by atoms with E-state index in [0.717, 1.165) is 16.9 Å². The molecular weight excluding hydrogens is 336 g/mol. The predicted octanol–water partition coefficient (Wildman–Crippen LogP) is 4.04. The summed E-state index contributed by atoms with van der Waals surface area (Å²) < 4.78 is 11.5. The third kappa shape index (κ3) is 3.76. The van der Waals surface area contributed by atoms with Crippen molar-refractivity contribution in [2.75, 3.05) is 7.11 Å². The Bertz CT molecular complexity index is 667. The third-order valence-corrected chi connectivity index (χ3v) is 3.69. The molecule has 0 amide bonds. The van der Waals surface area contributed by atoms with Gasteiger partial charge in [-0.05, 0) is 53.2 Å². The highest BCUT2D eigenvalue weighted by atomic mass is 79.9. The first kappa shape index (κ1) is 15.4. The lowest BCUT2D eigenvalue weighted by molar-refractivity contribution is 0.0695. The zero-order valence-corrected chi connectivity index (χ0v) is 13.3. The minimum absolute atomic E-state index is 0.170. The maximum Gasteiger partial charge on any atom is 0.336 e. The molecule has 21 heavy (non-hydrogen) atoms. The molecule has 0 atom stereocenters. The van der Waals surface area contributed by atoms with E-state index in [2.05, 4.69) is 15.9 Å². The maximum absolute atomic E-state index is 11.1. The summed E-state index contributed by atoms with van der Waals surface area (Å²) in [5, 5.41) is 9.09. The van der Waals surface area contributed by atoms with E-state index in [1.807, 2.05) is 25.1 Å². The normalized spacial score (nSPS) is 10.2. The molecule has 1 N–H and O–H groups in total. The number of rotatable bonds is 5. The van der Waals surface area contributed by atoms with Gasteiger partial charge in [0.05, 0.1) is 12.7 Å². The van der Waals surface area contributed by atoms with Gasteiger partial charge >= 0.3 is 5.97 Å². The summed E-state index contributed by atoms with van der Waals surface area (Å²) in [4.78, 5) is 11.1. The zero-order chi connectivity index (χ0) is 15.4. The standard InChI is InChI=1S/C16H15BrO4/c1-10-3-6-15(20-2)11(7-10)9-21-12-4-5-14(17)13(8-12)16(18)19/h3-8H,9H2,1-2H3,(H,18,19). The van der Waals surface area contributed by atoms with Crippen LogP contribution in [0.3, 0.4) is 0 Å². The van der Waals surface area contributed by atoms with Gasteiger partial charge in [-0.25, -0.2) is 4.79 Å². The number of hydrogen-bond donors (Lipinski definition) is 1. The molecule has 5 heteroatoms. The minimum Gasteiger partial charge on any atom is -0.496 e. The lowest BCUT2D eigenvalue weighted by Gasteiger charge is -2.12. The van der Waals surface area contributed by atoms with Gasteiger partial charge in [-0.2, -0.15) is 0 Å². The molecule has 0 unspecified atom stereocenters. The van der Waals surface area contributed by atoms with Crippen LogP contribution < -0.4 is 9.47 Å². The predicted molar refractivity (Wildman–Crippen MR) is 83.2 cm³/mol. The number of halogens is 1. The Morgan fingerprint density at radius 2 is 2.00 bits per heavy atom. The first-order chi connectivity index (χ1) is 10.0. The molecule has 0 heterocycles. The van der Waals surface area contributed by atoms with Crippen molar-refractivity contribution in [3.8, 4) is 11.5 Å². The van der Waals surface area contributed by atoms with Crippen LogP contribution in [0.5, 0.6) is 11.5 Å². The van der Waals surface area contributed by atoms with Crippen molar-refractivity contribution in [1.29, 1.82) is 0 Å². The van der Waals surface area contributed by atoms with Gasteiger partial charge in [0.1, 0.15) is 18.1 Å². The van der Waals surface area contributed by atoms with E-state index in [4.69, 9.17) is 14.6 Å². The van der Waals surface area contributed by atoms with Crippen LogP contribution in [0.4, 0.5) is 0 Å². The Kier molecular flexibility index (Phi) is 4.85. The third-order valence-electron chi connectivity index (χ3n) is 3.00. The molecule has 2 rings (SSSR count). The van der Waals surface area contributed by atoms with Crippen molar-refractivity contribution in [3.05, 3.63) is 57.6 Å². The lowest BCUT2D eigenvalue weighted by Crippen LogP contribution is -2.02. The molecular formula is C16H15BrO4. The molecule has 4 nitrogen and oxygen atoms in total. The quantitative estimate of drug-likeness (QED) is 0.883. The van der Waals surface area contributed by atoms with E-state index in [0.29, 0.717) is 16.8 Å². The van der Waals surface area contributed by atoms with E-state index < -0.39 is 5.97 Å². The lowest BCUT2D eigenvalue weighted by atomic mass is 10.1. The first-order valence-electron chi connectivity index (χ1n) is 6.30. The number of methoxy groups -OCH3 is 1. The SMILES string of the molecule is COc1ccc(C)cc1COc1ccc(Br)c(C(=O)O)c1. The van der Waals surface area contributed by atoms with Crippen LogP contribution >= 0.6 is 15.9 Å². The van der Waals surface area contributed by atoms with Gasteiger partial charge in [-0.3, -0.25) is 0 Å². The van der Waals surface area contributed by atoms with Crippen molar-refractivity contribution < 1.29 is 19.4 Å². The van der Waals surface area contributed by atoms with Crippen molar-refractivity contribution in [2.45, 2.75) is 13.5 Å². The smallest absolute Gasteiger partial charge is 0.336 e. The molecule has 0 fully saturated rings. The molecule has 110 valence electrons. The molecule has 0 saturated heterocycles. The van der Waals surface area contributed by atoms with Crippen molar-refractivity contribution in [2.24, 2.45) is 0 Å². The Labute approximate surface area is 131 Å². The van der Waals surface area contributed by atoms with Crippen molar-refractivity contribution in [3.63, 3.8) is 0 Å². The van der Waals surface area contributed by atoms with Gasteiger partial charge in [0.25, 0.3) is 0 Å². The first-order valence-corrected chi connectivity index (χ1v) is 7.09.